The molecule has 1 saturated heterocycles. The van der Waals surface area contributed by atoms with Gasteiger partial charge in [-0.05, 0) is 25.9 Å². The summed E-state index contributed by atoms with van der Waals surface area (Å²) in [6.45, 7) is 5.59. The van der Waals surface area contributed by atoms with Gasteiger partial charge in [-0.1, -0.05) is 13.8 Å². The highest BCUT2D eigenvalue weighted by molar-refractivity contribution is 6.44. The van der Waals surface area contributed by atoms with Crippen molar-refractivity contribution < 1.29 is 0 Å². The molecule has 1 rings (SSSR count). The third-order valence-electron chi connectivity index (χ3n) is 2.77. The Hall–Kier alpha value is 0.540. The van der Waals surface area contributed by atoms with Gasteiger partial charge in [-0.2, -0.15) is 0 Å². The van der Waals surface area contributed by atoms with Crippen LogP contribution in [0.2, 0.25) is 0 Å². The van der Waals surface area contributed by atoms with Gasteiger partial charge in [-0.3, -0.25) is 0 Å². The van der Waals surface area contributed by atoms with Crippen LogP contribution in [0.1, 0.15) is 20.3 Å². The Morgan fingerprint density at radius 1 is 1.33 bits per heavy atom. The van der Waals surface area contributed by atoms with Crippen molar-refractivity contribution in [3.05, 3.63) is 0 Å². The molecule has 1 aliphatic rings. The van der Waals surface area contributed by atoms with Crippen LogP contribution in [-0.4, -0.2) is 29.4 Å². The third kappa shape index (κ3) is 2.07. The maximum atomic E-state index is 5.93. The molecule has 0 spiro atoms. The fraction of sp³-hybridized carbons (Fsp3) is 1.00. The van der Waals surface area contributed by atoms with Crippen LogP contribution in [0, 0.1) is 11.8 Å². The Morgan fingerprint density at radius 2 is 1.92 bits per heavy atom. The fourth-order valence-corrected chi connectivity index (χ4v) is 2.83. The molecular formula is C9H17Cl2N. The average Bonchev–Trinajstić information content (AvgIpc) is 2.30. The Balaban J connectivity index is 2.64. The van der Waals surface area contributed by atoms with Gasteiger partial charge in [-0.25, -0.2) is 0 Å². The number of likely N-dealkylation sites (tertiary alicyclic amines) is 1. The molecule has 0 radical (unpaired) electrons. The molecule has 0 aromatic carbocycles. The summed E-state index contributed by atoms with van der Waals surface area (Å²) < 4.78 is 0. The van der Waals surface area contributed by atoms with Gasteiger partial charge in [-0.15, -0.1) is 23.2 Å². The van der Waals surface area contributed by atoms with Crippen LogP contribution in [0.4, 0.5) is 0 Å². The van der Waals surface area contributed by atoms with E-state index >= 15 is 0 Å². The first-order valence-electron chi connectivity index (χ1n) is 4.52. The normalized spacial score (nSPS) is 32.2. The van der Waals surface area contributed by atoms with Crippen molar-refractivity contribution in [1.29, 1.82) is 0 Å². The molecular weight excluding hydrogens is 193 g/mol. The quantitative estimate of drug-likeness (QED) is 0.633. The average molecular weight is 210 g/mol. The summed E-state index contributed by atoms with van der Waals surface area (Å²) in [5, 5.41) is 0. The Kier molecular flexibility index (Phi) is 3.69. The van der Waals surface area contributed by atoms with Crippen molar-refractivity contribution in [3.63, 3.8) is 0 Å². The molecule has 72 valence electrons. The number of hydrogen-bond acceptors (Lipinski definition) is 1. The summed E-state index contributed by atoms with van der Waals surface area (Å²) in [4.78, 5) is 2.16. The molecule has 0 saturated carbocycles. The minimum absolute atomic E-state index is 0.206. The topological polar surface area (TPSA) is 3.24 Å². The largest absolute Gasteiger partial charge is 0.303 e. The lowest BCUT2D eigenvalue weighted by molar-refractivity contribution is 0.216. The van der Waals surface area contributed by atoms with Gasteiger partial charge < -0.3 is 4.90 Å². The molecule has 0 aromatic rings. The van der Waals surface area contributed by atoms with Crippen molar-refractivity contribution in [1.82, 2.24) is 4.90 Å². The molecule has 0 aliphatic carbocycles. The van der Waals surface area contributed by atoms with Gasteiger partial charge in [0.15, 0.2) is 0 Å². The van der Waals surface area contributed by atoms with Crippen LogP contribution in [0.5, 0.6) is 0 Å². The lowest BCUT2D eigenvalue weighted by Crippen LogP contribution is -2.36. The zero-order chi connectivity index (χ0) is 9.30. The molecule has 0 bridgehead atoms. The van der Waals surface area contributed by atoms with Crippen molar-refractivity contribution in [2.24, 2.45) is 11.8 Å². The van der Waals surface area contributed by atoms with Gasteiger partial charge in [0.2, 0.25) is 0 Å². The van der Waals surface area contributed by atoms with Crippen LogP contribution in [0.3, 0.4) is 0 Å². The zero-order valence-corrected chi connectivity index (χ0v) is 9.44. The van der Waals surface area contributed by atoms with E-state index < -0.39 is 0 Å². The summed E-state index contributed by atoms with van der Waals surface area (Å²) in [6.07, 6.45) is 1.14. The number of alkyl halides is 2. The van der Waals surface area contributed by atoms with E-state index in [1.54, 1.807) is 0 Å². The van der Waals surface area contributed by atoms with E-state index in [2.05, 4.69) is 25.8 Å². The predicted molar refractivity (Wildman–Crippen MR) is 54.9 cm³/mol. The molecule has 0 aromatic heterocycles. The van der Waals surface area contributed by atoms with E-state index in [4.69, 9.17) is 23.2 Å². The predicted octanol–water partition coefficient (Wildman–Crippen LogP) is 2.77. The minimum Gasteiger partial charge on any atom is -0.303 e. The van der Waals surface area contributed by atoms with Gasteiger partial charge in [0.1, 0.15) is 4.84 Å². The highest BCUT2D eigenvalue weighted by Gasteiger charge is 2.37. The summed E-state index contributed by atoms with van der Waals surface area (Å²) in [6, 6.07) is 0.560. The maximum Gasteiger partial charge on any atom is 0.112 e. The first-order valence-corrected chi connectivity index (χ1v) is 5.39. The van der Waals surface area contributed by atoms with Crippen molar-refractivity contribution in [3.8, 4) is 0 Å². The van der Waals surface area contributed by atoms with Gasteiger partial charge in [0, 0.05) is 12.0 Å². The summed E-state index contributed by atoms with van der Waals surface area (Å²) >= 11 is 11.9. The SMILES string of the molecule is CC(C)[C@@H]1C(C(Cl)Cl)CCN1C. The maximum absolute atomic E-state index is 5.93. The van der Waals surface area contributed by atoms with Crippen molar-refractivity contribution >= 4 is 23.2 Å². The zero-order valence-electron chi connectivity index (χ0n) is 7.93. The molecule has 1 fully saturated rings. The van der Waals surface area contributed by atoms with Crippen LogP contribution in [0.25, 0.3) is 0 Å². The van der Waals surface area contributed by atoms with Crippen molar-refractivity contribution in [2.75, 3.05) is 13.6 Å². The number of halogens is 2. The van der Waals surface area contributed by atoms with E-state index in [0.29, 0.717) is 17.9 Å². The first-order chi connectivity index (χ1) is 5.54. The summed E-state index contributed by atoms with van der Waals surface area (Å²) in [5.41, 5.74) is 0. The van der Waals surface area contributed by atoms with Gasteiger partial charge in [0.05, 0.1) is 0 Å². The molecule has 1 unspecified atom stereocenters. The Morgan fingerprint density at radius 3 is 2.25 bits per heavy atom. The number of nitrogens with zero attached hydrogens (tertiary/aromatic N) is 1. The molecule has 0 amide bonds. The Bertz CT molecular complexity index is 147. The van der Waals surface area contributed by atoms with Crippen LogP contribution < -0.4 is 0 Å². The van der Waals surface area contributed by atoms with E-state index in [0.717, 1.165) is 13.0 Å². The van der Waals surface area contributed by atoms with Crippen LogP contribution >= 0.6 is 23.2 Å². The lowest BCUT2D eigenvalue weighted by atomic mass is 9.93. The van der Waals surface area contributed by atoms with Crippen LogP contribution in [-0.2, 0) is 0 Å². The fourth-order valence-electron chi connectivity index (χ4n) is 2.28. The van der Waals surface area contributed by atoms with Crippen molar-refractivity contribution in [2.45, 2.75) is 31.1 Å². The molecule has 3 heteroatoms. The van der Waals surface area contributed by atoms with Gasteiger partial charge >= 0.3 is 0 Å². The Labute approximate surface area is 85.0 Å². The van der Waals surface area contributed by atoms with E-state index in [1.807, 2.05) is 0 Å². The second kappa shape index (κ2) is 4.17. The monoisotopic (exact) mass is 209 g/mol. The second-order valence-corrected chi connectivity index (χ2v) is 5.17. The van der Waals surface area contributed by atoms with Crippen LogP contribution in [0.15, 0.2) is 0 Å². The number of hydrogen-bond donors (Lipinski definition) is 0. The van der Waals surface area contributed by atoms with Gasteiger partial charge in [0.25, 0.3) is 0 Å². The molecule has 1 aliphatic heterocycles. The molecule has 12 heavy (non-hydrogen) atoms. The van der Waals surface area contributed by atoms with E-state index in [9.17, 15) is 0 Å². The minimum atomic E-state index is -0.206. The smallest absolute Gasteiger partial charge is 0.112 e. The summed E-state index contributed by atoms with van der Waals surface area (Å²) in [5.74, 6) is 1.10. The molecule has 0 N–H and O–H groups in total. The third-order valence-corrected chi connectivity index (χ3v) is 3.42. The van der Waals surface area contributed by atoms with E-state index in [-0.39, 0.29) is 4.84 Å². The highest BCUT2D eigenvalue weighted by Crippen LogP contribution is 2.34. The summed E-state index contributed by atoms with van der Waals surface area (Å²) in [7, 11) is 2.15. The standard InChI is InChI=1S/C9H17Cl2N/c1-6(2)8-7(9(10)11)4-5-12(8)3/h6-9H,4-5H2,1-3H3/t7?,8-/m1/s1. The molecule has 1 nitrogen and oxygen atoms in total. The number of rotatable bonds is 2. The molecule has 2 atom stereocenters. The lowest BCUT2D eigenvalue weighted by Gasteiger charge is -2.29. The van der Waals surface area contributed by atoms with E-state index in [1.165, 1.54) is 0 Å². The molecule has 1 heterocycles. The first kappa shape index (κ1) is 10.6. The second-order valence-electron chi connectivity index (χ2n) is 4.00. The highest BCUT2D eigenvalue weighted by atomic mass is 35.5.